The number of anilines is 4. The molecule has 35 heavy (non-hydrogen) atoms. The summed E-state index contributed by atoms with van der Waals surface area (Å²) in [7, 11) is 2.15. The molecule has 1 atom stereocenters. The van der Waals surface area contributed by atoms with Gasteiger partial charge in [-0.25, -0.2) is 19.9 Å². The van der Waals surface area contributed by atoms with Gasteiger partial charge in [-0.2, -0.15) is 5.26 Å². The van der Waals surface area contributed by atoms with Crippen LogP contribution in [0.25, 0.3) is 11.3 Å². The van der Waals surface area contributed by atoms with Gasteiger partial charge in [0.25, 0.3) is 0 Å². The Morgan fingerprint density at radius 2 is 1.91 bits per heavy atom. The SMILES string of the molecule is CN1CCC(Nc2ccc(Nc3nccc(-c4cnc(N5CCC(O)C5)c(C#N)c4)n3)cn2)CC1. The monoisotopic (exact) mass is 471 g/mol. The van der Waals surface area contributed by atoms with Crippen LogP contribution >= 0.6 is 0 Å². The number of nitrogens with zero attached hydrogens (tertiary/aromatic N) is 7. The number of β-amino-alcohol motifs (C(OH)–C–C–N with tert-alkyl or cyclic N) is 1. The van der Waals surface area contributed by atoms with Crippen molar-refractivity contribution in [2.24, 2.45) is 0 Å². The first-order valence-electron chi connectivity index (χ1n) is 11.9. The number of aromatic nitrogens is 4. The summed E-state index contributed by atoms with van der Waals surface area (Å²) in [6, 6.07) is 10.2. The summed E-state index contributed by atoms with van der Waals surface area (Å²) in [5.74, 6) is 1.89. The fourth-order valence-corrected chi connectivity index (χ4v) is 4.49. The maximum Gasteiger partial charge on any atom is 0.227 e. The smallest absolute Gasteiger partial charge is 0.227 e. The first-order chi connectivity index (χ1) is 17.1. The minimum absolute atomic E-state index is 0.382. The molecule has 10 heteroatoms. The Bertz CT molecular complexity index is 1200. The zero-order valence-corrected chi connectivity index (χ0v) is 19.7. The lowest BCUT2D eigenvalue weighted by atomic mass is 10.1. The van der Waals surface area contributed by atoms with Gasteiger partial charge in [0.2, 0.25) is 5.95 Å². The molecule has 3 N–H and O–H groups in total. The summed E-state index contributed by atoms with van der Waals surface area (Å²) in [4.78, 5) is 22.3. The van der Waals surface area contributed by atoms with Crippen molar-refractivity contribution < 1.29 is 5.11 Å². The molecule has 0 radical (unpaired) electrons. The Morgan fingerprint density at radius 1 is 1.06 bits per heavy atom. The third-order valence-corrected chi connectivity index (χ3v) is 6.49. The molecule has 0 spiro atoms. The van der Waals surface area contributed by atoms with Crippen molar-refractivity contribution in [3.8, 4) is 17.3 Å². The second-order valence-corrected chi connectivity index (χ2v) is 9.14. The molecule has 2 aliphatic heterocycles. The first kappa shape index (κ1) is 23.0. The van der Waals surface area contributed by atoms with Crippen molar-refractivity contribution in [1.29, 1.82) is 5.26 Å². The molecule has 0 saturated carbocycles. The summed E-state index contributed by atoms with van der Waals surface area (Å²) in [6.45, 7) is 3.37. The van der Waals surface area contributed by atoms with Crippen molar-refractivity contribution in [3.05, 3.63) is 48.4 Å². The molecule has 1 unspecified atom stereocenters. The highest BCUT2D eigenvalue weighted by Gasteiger charge is 2.24. The molecule has 180 valence electrons. The Balaban J connectivity index is 1.26. The minimum atomic E-state index is -0.382. The highest BCUT2D eigenvalue weighted by Crippen LogP contribution is 2.27. The van der Waals surface area contributed by atoms with Crippen LogP contribution in [0.3, 0.4) is 0 Å². The normalized spacial score (nSPS) is 18.9. The van der Waals surface area contributed by atoms with Crippen LogP contribution in [-0.4, -0.2) is 75.3 Å². The standard InChI is InChI=1S/C25H29N9O/c1-33-9-5-19(6-10-33)30-23-3-2-20(15-28-23)31-25-27-8-4-22(32-25)18-12-17(13-26)24(29-14-18)34-11-7-21(35)16-34/h2-4,8,12,14-15,19,21,35H,5-7,9-11,16H2,1H3,(H,28,30)(H,27,31,32). The van der Waals surface area contributed by atoms with Crippen LogP contribution in [0, 0.1) is 11.3 Å². The molecule has 3 aromatic rings. The second kappa shape index (κ2) is 10.2. The summed E-state index contributed by atoms with van der Waals surface area (Å²) in [5, 5.41) is 26.2. The number of rotatable bonds is 6. The van der Waals surface area contributed by atoms with Crippen LogP contribution in [-0.2, 0) is 0 Å². The predicted molar refractivity (Wildman–Crippen MR) is 134 cm³/mol. The Labute approximate surface area is 204 Å². The molecule has 0 aromatic carbocycles. The molecule has 3 aromatic heterocycles. The summed E-state index contributed by atoms with van der Waals surface area (Å²) in [5.41, 5.74) is 2.63. The Hall–Kier alpha value is -3.81. The summed E-state index contributed by atoms with van der Waals surface area (Å²) >= 11 is 0. The van der Waals surface area contributed by atoms with Crippen LogP contribution in [0.15, 0.2) is 42.9 Å². The molecule has 2 aliphatic rings. The molecular weight excluding hydrogens is 442 g/mol. The van der Waals surface area contributed by atoms with Crippen LogP contribution in [0.5, 0.6) is 0 Å². The molecule has 0 bridgehead atoms. The molecule has 0 aliphatic carbocycles. The molecule has 2 saturated heterocycles. The van der Waals surface area contributed by atoms with E-state index in [4.69, 9.17) is 0 Å². The minimum Gasteiger partial charge on any atom is -0.391 e. The molecule has 5 heterocycles. The number of likely N-dealkylation sites (tertiary alicyclic amines) is 1. The summed E-state index contributed by atoms with van der Waals surface area (Å²) < 4.78 is 0. The fraction of sp³-hybridized carbons (Fsp3) is 0.400. The van der Waals surface area contributed by atoms with E-state index in [1.54, 1.807) is 30.7 Å². The number of piperidine rings is 1. The molecular formula is C25H29N9O. The maximum absolute atomic E-state index is 9.82. The molecule has 2 fully saturated rings. The maximum atomic E-state index is 9.82. The van der Waals surface area contributed by atoms with Crippen molar-refractivity contribution in [2.75, 3.05) is 48.8 Å². The largest absolute Gasteiger partial charge is 0.391 e. The third kappa shape index (κ3) is 5.48. The van der Waals surface area contributed by atoms with Gasteiger partial charge in [0.1, 0.15) is 17.7 Å². The van der Waals surface area contributed by atoms with Gasteiger partial charge in [0.15, 0.2) is 0 Å². The van der Waals surface area contributed by atoms with Crippen molar-refractivity contribution in [2.45, 2.75) is 31.4 Å². The predicted octanol–water partition coefficient (Wildman–Crippen LogP) is 2.63. The van der Waals surface area contributed by atoms with E-state index in [0.29, 0.717) is 48.6 Å². The second-order valence-electron chi connectivity index (χ2n) is 9.14. The van der Waals surface area contributed by atoms with E-state index in [9.17, 15) is 10.4 Å². The molecule has 10 nitrogen and oxygen atoms in total. The first-order valence-corrected chi connectivity index (χ1v) is 11.9. The van der Waals surface area contributed by atoms with E-state index in [1.165, 1.54) is 0 Å². The van der Waals surface area contributed by atoms with E-state index in [0.717, 1.165) is 43.0 Å². The number of aliphatic hydroxyl groups is 1. The number of hydrogen-bond donors (Lipinski definition) is 3. The number of nitrogens with one attached hydrogen (secondary N) is 2. The van der Waals surface area contributed by atoms with Gasteiger partial charge in [0, 0.05) is 37.1 Å². The van der Waals surface area contributed by atoms with Crippen molar-refractivity contribution in [3.63, 3.8) is 0 Å². The Kier molecular flexibility index (Phi) is 6.70. The van der Waals surface area contributed by atoms with Gasteiger partial charge < -0.3 is 25.5 Å². The highest BCUT2D eigenvalue weighted by molar-refractivity contribution is 5.67. The van der Waals surface area contributed by atoms with Gasteiger partial charge in [-0.1, -0.05) is 0 Å². The summed E-state index contributed by atoms with van der Waals surface area (Å²) in [6.07, 6.45) is 7.67. The van der Waals surface area contributed by atoms with Gasteiger partial charge in [-0.3, -0.25) is 0 Å². The lowest BCUT2D eigenvalue weighted by Crippen LogP contribution is -2.36. The fourth-order valence-electron chi connectivity index (χ4n) is 4.49. The molecule has 5 rings (SSSR count). The van der Waals surface area contributed by atoms with E-state index in [-0.39, 0.29) is 6.10 Å². The van der Waals surface area contributed by atoms with Gasteiger partial charge >= 0.3 is 0 Å². The molecule has 0 amide bonds. The van der Waals surface area contributed by atoms with Crippen molar-refractivity contribution in [1.82, 2.24) is 24.8 Å². The van der Waals surface area contributed by atoms with Crippen LogP contribution in [0.4, 0.5) is 23.3 Å². The van der Waals surface area contributed by atoms with E-state index < -0.39 is 0 Å². The lowest BCUT2D eigenvalue weighted by molar-refractivity contribution is 0.198. The highest BCUT2D eigenvalue weighted by atomic mass is 16.3. The van der Waals surface area contributed by atoms with E-state index in [2.05, 4.69) is 48.6 Å². The third-order valence-electron chi connectivity index (χ3n) is 6.49. The average Bonchev–Trinajstić information content (AvgIpc) is 3.32. The van der Waals surface area contributed by atoms with E-state index in [1.807, 2.05) is 17.0 Å². The average molecular weight is 472 g/mol. The zero-order valence-electron chi connectivity index (χ0n) is 19.7. The van der Waals surface area contributed by atoms with Crippen LogP contribution < -0.4 is 15.5 Å². The number of hydrogen-bond acceptors (Lipinski definition) is 10. The Morgan fingerprint density at radius 3 is 2.63 bits per heavy atom. The van der Waals surface area contributed by atoms with Crippen LogP contribution in [0.1, 0.15) is 24.8 Å². The zero-order chi connectivity index (χ0) is 24.2. The van der Waals surface area contributed by atoms with Crippen molar-refractivity contribution >= 4 is 23.3 Å². The van der Waals surface area contributed by atoms with E-state index >= 15 is 0 Å². The number of nitriles is 1. The quantitative estimate of drug-likeness (QED) is 0.494. The van der Waals surface area contributed by atoms with Crippen LogP contribution in [0.2, 0.25) is 0 Å². The van der Waals surface area contributed by atoms with Gasteiger partial charge in [0.05, 0.1) is 29.2 Å². The number of aliphatic hydroxyl groups excluding tert-OH is 1. The lowest BCUT2D eigenvalue weighted by Gasteiger charge is -2.29. The van der Waals surface area contributed by atoms with Gasteiger partial charge in [-0.15, -0.1) is 0 Å². The topological polar surface area (TPSA) is 126 Å². The van der Waals surface area contributed by atoms with Gasteiger partial charge in [-0.05, 0) is 63.7 Å². The number of pyridine rings is 2.